The Balaban J connectivity index is 1.67. The fourth-order valence-corrected chi connectivity index (χ4v) is 2.04. The summed E-state index contributed by atoms with van der Waals surface area (Å²) in [6, 6.07) is 8.61. The van der Waals surface area contributed by atoms with Gasteiger partial charge >= 0.3 is 0 Å². The Kier molecular flexibility index (Phi) is 6.05. The van der Waals surface area contributed by atoms with Gasteiger partial charge in [-0.05, 0) is 42.8 Å². The summed E-state index contributed by atoms with van der Waals surface area (Å²) in [6.45, 7) is 1.82. The molecule has 1 aromatic carbocycles. The number of nitrogens with one attached hydrogen (secondary N) is 2. The molecule has 0 aliphatic heterocycles. The predicted octanol–water partition coefficient (Wildman–Crippen LogP) is 2.05. The van der Waals surface area contributed by atoms with Crippen LogP contribution < -0.4 is 15.4 Å². The minimum absolute atomic E-state index is 0.123. The molecule has 0 fully saturated rings. The minimum atomic E-state index is -0.382. The molecule has 0 spiro atoms. The van der Waals surface area contributed by atoms with Crippen molar-refractivity contribution in [2.75, 3.05) is 13.2 Å². The Labute approximate surface area is 138 Å². The molecule has 2 aromatic rings. The van der Waals surface area contributed by atoms with E-state index in [-0.39, 0.29) is 31.5 Å². The summed E-state index contributed by atoms with van der Waals surface area (Å²) >= 11 is 5.84. The maximum Gasteiger partial charge on any atom is 0.258 e. The van der Waals surface area contributed by atoms with Gasteiger partial charge in [0.1, 0.15) is 11.5 Å². The molecular weight excluding hydrogens is 320 g/mol. The second-order valence-corrected chi connectivity index (χ2v) is 5.27. The zero-order chi connectivity index (χ0) is 16.7. The minimum Gasteiger partial charge on any atom is -0.484 e. The topological polar surface area (TPSA) is 80.6 Å². The highest BCUT2D eigenvalue weighted by molar-refractivity contribution is 6.30. The van der Waals surface area contributed by atoms with Gasteiger partial charge in [0.2, 0.25) is 5.91 Å². The number of carbonyl (C=O) groups is 2. The summed E-state index contributed by atoms with van der Waals surface area (Å²) in [4.78, 5) is 23.3. The molecule has 0 saturated carbocycles. The lowest BCUT2D eigenvalue weighted by Gasteiger charge is -2.10. The van der Waals surface area contributed by atoms with Gasteiger partial charge in [-0.15, -0.1) is 0 Å². The molecule has 2 N–H and O–H groups in total. The van der Waals surface area contributed by atoms with Gasteiger partial charge < -0.3 is 19.8 Å². The van der Waals surface area contributed by atoms with Gasteiger partial charge in [0.25, 0.3) is 5.91 Å². The van der Waals surface area contributed by atoms with E-state index in [2.05, 4.69) is 10.6 Å². The summed E-state index contributed by atoms with van der Waals surface area (Å²) in [5.74, 6) is 0.531. The van der Waals surface area contributed by atoms with Crippen molar-refractivity contribution < 1.29 is 18.7 Å². The second kappa shape index (κ2) is 8.24. The fourth-order valence-electron chi connectivity index (χ4n) is 1.81. The van der Waals surface area contributed by atoms with Crippen LogP contribution in [0.5, 0.6) is 5.75 Å². The number of hydrogen-bond acceptors (Lipinski definition) is 4. The summed E-state index contributed by atoms with van der Waals surface area (Å²) in [5.41, 5.74) is 0.835. The molecule has 2 rings (SSSR count). The SMILES string of the molecule is Cc1cc(Cl)ccc1OCC(=O)NCC(=O)NCc1ccco1. The maximum absolute atomic E-state index is 11.7. The number of ether oxygens (including phenoxy) is 1. The van der Waals surface area contributed by atoms with Crippen LogP contribution in [0.25, 0.3) is 0 Å². The predicted molar refractivity (Wildman–Crippen MR) is 85.2 cm³/mol. The number of hydrogen-bond donors (Lipinski definition) is 2. The summed E-state index contributed by atoms with van der Waals surface area (Å²) in [5, 5.41) is 5.71. The highest BCUT2D eigenvalue weighted by Crippen LogP contribution is 2.21. The Hall–Kier alpha value is -2.47. The number of furan rings is 1. The van der Waals surface area contributed by atoms with E-state index in [1.807, 2.05) is 6.92 Å². The van der Waals surface area contributed by atoms with Crippen molar-refractivity contribution in [2.45, 2.75) is 13.5 Å². The fraction of sp³-hybridized carbons (Fsp3) is 0.250. The quantitative estimate of drug-likeness (QED) is 0.811. The standard InChI is InChI=1S/C16H17ClN2O4/c1-11-7-12(17)4-5-14(11)23-10-16(21)19-9-15(20)18-8-13-3-2-6-22-13/h2-7H,8-10H2,1H3,(H,18,20)(H,19,21). The first-order valence-corrected chi connectivity index (χ1v) is 7.37. The Morgan fingerprint density at radius 3 is 2.74 bits per heavy atom. The molecular formula is C16H17ClN2O4. The van der Waals surface area contributed by atoms with Crippen LogP contribution in [-0.4, -0.2) is 25.0 Å². The molecule has 2 amide bonds. The van der Waals surface area contributed by atoms with E-state index in [1.165, 1.54) is 6.26 Å². The molecule has 0 aliphatic rings. The van der Waals surface area contributed by atoms with Gasteiger partial charge in [0.05, 0.1) is 19.4 Å². The normalized spacial score (nSPS) is 10.2. The highest BCUT2D eigenvalue weighted by Gasteiger charge is 2.08. The van der Waals surface area contributed by atoms with Crippen LogP contribution in [0.1, 0.15) is 11.3 Å². The Morgan fingerprint density at radius 2 is 2.04 bits per heavy atom. The van der Waals surface area contributed by atoms with E-state index >= 15 is 0 Å². The van der Waals surface area contributed by atoms with Gasteiger partial charge in [-0.1, -0.05) is 11.6 Å². The molecule has 122 valence electrons. The van der Waals surface area contributed by atoms with E-state index in [1.54, 1.807) is 30.3 Å². The first-order valence-electron chi connectivity index (χ1n) is 6.99. The van der Waals surface area contributed by atoms with Crippen molar-refractivity contribution in [1.29, 1.82) is 0 Å². The number of rotatable bonds is 7. The third-order valence-electron chi connectivity index (χ3n) is 2.98. The first kappa shape index (κ1) is 16.9. The zero-order valence-electron chi connectivity index (χ0n) is 12.6. The zero-order valence-corrected chi connectivity index (χ0v) is 13.4. The van der Waals surface area contributed by atoms with E-state index in [0.717, 1.165) is 5.56 Å². The third-order valence-corrected chi connectivity index (χ3v) is 3.22. The first-order chi connectivity index (χ1) is 11.0. The summed E-state index contributed by atoms with van der Waals surface area (Å²) < 4.78 is 10.5. The molecule has 1 aromatic heterocycles. The van der Waals surface area contributed by atoms with E-state index in [9.17, 15) is 9.59 Å². The number of benzene rings is 1. The number of halogens is 1. The molecule has 0 aliphatic carbocycles. The van der Waals surface area contributed by atoms with Crippen LogP contribution in [0, 0.1) is 6.92 Å². The van der Waals surface area contributed by atoms with Gasteiger partial charge in [0, 0.05) is 5.02 Å². The monoisotopic (exact) mass is 336 g/mol. The van der Waals surface area contributed by atoms with Crippen molar-refractivity contribution in [1.82, 2.24) is 10.6 Å². The van der Waals surface area contributed by atoms with E-state index in [0.29, 0.717) is 16.5 Å². The maximum atomic E-state index is 11.7. The average Bonchev–Trinajstić information content (AvgIpc) is 3.03. The lowest BCUT2D eigenvalue weighted by Crippen LogP contribution is -2.38. The number of aryl methyl sites for hydroxylation is 1. The van der Waals surface area contributed by atoms with Crippen LogP contribution >= 0.6 is 11.6 Å². The van der Waals surface area contributed by atoms with E-state index in [4.69, 9.17) is 20.8 Å². The molecule has 7 heteroatoms. The molecule has 1 heterocycles. The second-order valence-electron chi connectivity index (χ2n) is 4.83. The van der Waals surface area contributed by atoms with Crippen LogP contribution in [0.2, 0.25) is 5.02 Å². The van der Waals surface area contributed by atoms with Crippen molar-refractivity contribution in [3.63, 3.8) is 0 Å². The van der Waals surface area contributed by atoms with E-state index < -0.39 is 0 Å². The van der Waals surface area contributed by atoms with Crippen LogP contribution in [0.3, 0.4) is 0 Å². The largest absolute Gasteiger partial charge is 0.484 e. The van der Waals surface area contributed by atoms with Crippen LogP contribution in [0.4, 0.5) is 0 Å². The molecule has 0 radical (unpaired) electrons. The Bertz CT molecular complexity index is 671. The molecule has 0 bridgehead atoms. The third kappa shape index (κ3) is 5.67. The van der Waals surface area contributed by atoms with Gasteiger partial charge in [0.15, 0.2) is 6.61 Å². The highest BCUT2D eigenvalue weighted by atomic mass is 35.5. The summed E-state index contributed by atoms with van der Waals surface area (Å²) in [7, 11) is 0. The van der Waals surface area contributed by atoms with Crippen molar-refractivity contribution in [3.8, 4) is 5.75 Å². The van der Waals surface area contributed by atoms with Crippen molar-refractivity contribution in [3.05, 3.63) is 52.9 Å². The van der Waals surface area contributed by atoms with Crippen molar-refractivity contribution in [2.24, 2.45) is 0 Å². The molecule has 0 unspecified atom stereocenters. The van der Waals surface area contributed by atoms with Gasteiger partial charge in [-0.2, -0.15) is 0 Å². The smallest absolute Gasteiger partial charge is 0.258 e. The lowest BCUT2D eigenvalue weighted by atomic mass is 10.2. The molecule has 0 atom stereocenters. The average molecular weight is 337 g/mol. The molecule has 6 nitrogen and oxygen atoms in total. The molecule has 0 saturated heterocycles. The Morgan fingerprint density at radius 1 is 1.22 bits per heavy atom. The number of carbonyl (C=O) groups excluding carboxylic acids is 2. The van der Waals surface area contributed by atoms with Crippen LogP contribution in [-0.2, 0) is 16.1 Å². The van der Waals surface area contributed by atoms with Gasteiger partial charge in [-0.25, -0.2) is 0 Å². The lowest BCUT2D eigenvalue weighted by molar-refractivity contribution is -0.127. The molecule has 23 heavy (non-hydrogen) atoms. The number of amides is 2. The summed E-state index contributed by atoms with van der Waals surface area (Å²) in [6.07, 6.45) is 1.53. The van der Waals surface area contributed by atoms with Crippen LogP contribution in [0.15, 0.2) is 41.0 Å². The van der Waals surface area contributed by atoms with Gasteiger partial charge in [-0.3, -0.25) is 9.59 Å². The van der Waals surface area contributed by atoms with Crippen molar-refractivity contribution >= 4 is 23.4 Å².